The molecule has 1 N–H and O–H groups in total. The molecule has 168 valence electrons. The SMILES string of the molecule is CC1=C(N2CCC3(CCN(C[C@@H](O)c4ccnc(-n5cnnn5)c4)CC3)C2=O)COC1=O. The van der Waals surface area contributed by atoms with E-state index in [9.17, 15) is 14.7 Å². The van der Waals surface area contributed by atoms with Gasteiger partial charge in [-0.25, -0.2) is 9.78 Å². The highest BCUT2D eigenvalue weighted by Gasteiger charge is 2.50. The number of aliphatic hydroxyl groups excluding tert-OH is 1. The number of hydrogen-bond donors (Lipinski definition) is 1. The molecule has 11 nitrogen and oxygen atoms in total. The molecule has 5 heterocycles. The minimum atomic E-state index is -0.687. The third-order valence-corrected chi connectivity index (χ3v) is 6.90. The van der Waals surface area contributed by atoms with Gasteiger partial charge < -0.3 is 19.6 Å². The lowest BCUT2D eigenvalue weighted by Gasteiger charge is -2.38. The molecule has 2 aromatic rings. The molecule has 32 heavy (non-hydrogen) atoms. The minimum absolute atomic E-state index is 0.102. The van der Waals surface area contributed by atoms with Crippen LogP contribution in [0.4, 0.5) is 0 Å². The van der Waals surface area contributed by atoms with E-state index in [4.69, 9.17) is 4.74 Å². The monoisotopic (exact) mass is 439 g/mol. The molecule has 3 aliphatic heterocycles. The van der Waals surface area contributed by atoms with E-state index in [1.807, 2.05) is 0 Å². The molecule has 5 rings (SSSR count). The number of piperidine rings is 1. The van der Waals surface area contributed by atoms with Gasteiger partial charge in [0.05, 0.1) is 22.8 Å². The fourth-order valence-corrected chi connectivity index (χ4v) is 4.84. The number of aliphatic hydroxyl groups is 1. The fourth-order valence-electron chi connectivity index (χ4n) is 4.84. The van der Waals surface area contributed by atoms with Gasteiger partial charge in [-0.2, -0.15) is 4.68 Å². The van der Waals surface area contributed by atoms with Gasteiger partial charge in [0.1, 0.15) is 12.9 Å². The molecular weight excluding hydrogens is 414 g/mol. The molecule has 2 fully saturated rings. The molecular formula is C21H25N7O4. The van der Waals surface area contributed by atoms with Crippen LogP contribution in [0.3, 0.4) is 0 Å². The summed E-state index contributed by atoms with van der Waals surface area (Å²) in [5, 5.41) is 21.8. The summed E-state index contributed by atoms with van der Waals surface area (Å²) < 4.78 is 6.53. The number of pyridine rings is 1. The van der Waals surface area contributed by atoms with E-state index in [0.29, 0.717) is 30.2 Å². The molecule has 3 aliphatic rings. The number of hydrogen-bond acceptors (Lipinski definition) is 9. The van der Waals surface area contributed by atoms with Crippen LogP contribution in [-0.2, 0) is 14.3 Å². The van der Waals surface area contributed by atoms with Gasteiger partial charge in [0.15, 0.2) is 5.82 Å². The largest absolute Gasteiger partial charge is 0.456 e. The Balaban J connectivity index is 1.21. The molecule has 1 amide bonds. The Morgan fingerprint density at radius 2 is 2.00 bits per heavy atom. The highest BCUT2D eigenvalue weighted by atomic mass is 16.5. The Morgan fingerprint density at radius 3 is 2.69 bits per heavy atom. The van der Waals surface area contributed by atoms with Crippen LogP contribution in [0.5, 0.6) is 0 Å². The Labute approximate surface area is 184 Å². The first kappa shape index (κ1) is 20.7. The predicted molar refractivity (Wildman–Crippen MR) is 110 cm³/mol. The number of amides is 1. The van der Waals surface area contributed by atoms with Crippen molar-refractivity contribution in [2.45, 2.75) is 32.3 Å². The van der Waals surface area contributed by atoms with Crippen molar-refractivity contribution in [1.82, 2.24) is 35.0 Å². The third-order valence-electron chi connectivity index (χ3n) is 6.90. The Hall–Kier alpha value is -3.18. The van der Waals surface area contributed by atoms with E-state index in [-0.39, 0.29) is 23.9 Å². The molecule has 0 bridgehead atoms. The van der Waals surface area contributed by atoms with Crippen LogP contribution in [-0.4, -0.2) is 84.8 Å². The lowest BCUT2D eigenvalue weighted by atomic mass is 9.77. The van der Waals surface area contributed by atoms with Crippen LogP contribution < -0.4 is 0 Å². The summed E-state index contributed by atoms with van der Waals surface area (Å²) in [7, 11) is 0. The zero-order chi connectivity index (χ0) is 22.3. The van der Waals surface area contributed by atoms with Crippen LogP contribution >= 0.6 is 0 Å². The van der Waals surface area contributed by atoms with Gasteiger partial charge in [-0.15, -0.1) is 5.10 Å². The van der Waals surface area contributed by atoms with E-state index in [2.05, 4.69) is 25.4 Å². The molecule has 0 unspecified atom stereocenters. The molecule has 0 saturated carbocycles. The predicted octanol–water partition coefficient (Wildman–Crippen LogP) is 0.236. The lowest BCUT2D eigenvalue weighted by molar-refractivity contribution is -0.138. The van der Waals surface area contributed by atoms with Crippen molar-refractivity contribution in [3.8, 4) is 5.82 Å². The Bertz CT molecular complexity index is 1060. The van der Waals surface area contributed by atoms with Crippen LogP contribution in [0.15, 0.2) is 35.9 Å². The van der Waals surface area contributed by atoms with Crippen molar-refractivity contribution in [2.75, 3.05) is 32.8 Å². The molecule has 1 atom stereocenters. The first-order valence-corrected chi connectivity index (χ1v) is 10.8. The van der Waals surface area contributed by atoms with E-state index < -0.39 is 6.10 Å². The van der Waals surface area contributed by atoms with Crippen LogP contribution in [0, 0.1) is 5.41 Å². The lowest BCUT2D eigenvalue weighted by Crippen LogP contribution is -2.45. The number of carbonyl (C=O) groups excluding carboxylic acids is 2. The second-order valence-corrected chi connectivity index (χ2v) is 8.65. The number of nitrogens with zero attached hydrogens (tertiary/aromatic N) is 7. The molecule has 1 spiro atoms. The van der Waals surface area contributed by atoms with E-state index in [1.54, 1.807) is 30.2 Å². The van der Waals surface area contributed by atoms with E-state index >= 15 is 0 Å². The molecule has 2 aromatic heterocycles. The van der Waals surface area contributed by atoms with Crippen LogP contribution in [0.25, 0.3) is 5.82 Å². The molecule has 0 radical (unpaired) electrons. The highest BCUT2D eigenvalue weighted by molar-refractivity contribution is 5.94. The smallest absolute Gasteiger partial charge is 0.336 e. The summed E-state index contributed by atoms with van der Waals surface area (Å²) in [6, 6.07) is 3.55. The van der Waals surface area contributed by atoms with Gasteiger partial charge in [-0.3, -0.25) is 4.79 Å². The van der Waals surface area contributed by atoms with E-state index in [1.165, 1.54) is 11.0 Å². The maximum atomic E-state index is 13.3. The second-order valence-electron chi connectivity index (χ2n) is 8.65. The number of ether oxygens (including phenoxy) is 1. The second kappa shape index (κ2) is 8.06. The van der Waals surface area contributed by atoms with Gasteiger partial charge >= 0.3 is 5.97 Å². The van der Waals surface area contributed by atoms with Crippen molar-refractivity contribution in [3.05, 3.63) is 41.5 Å². The summed E-state index contributed by atoms with van der Waals surface area (Å²) >= 11 is 0. The number of tetrazole rings is 1. The van der Waals surface area contributed by atoms with Gasteiger partial charge in [0, 0.05) is 19.3 Å². The van der Waals surface area contributed by atoms with Gasteiger partial charge in [0.2, 0.25) is 5.91 Å². The number of aromatic nitrogens is 5. The maximum absolute atomic E-state index is 13.3. The number of cyclic esters (lactones) is 1. The van der Waals surface area contributed by atoms with Crippen molar-refractivity contribution in [1.29, 1.82) is 0 Å². The zero-order valence-corrected chi connectivity index (χ0v) is 17.8. The summed E-state index contributed by atoms with van der Waals surface area (Å²) in [6.07, 6.45) is 4.65. The number of esters is 1. The van der Waals surface area contributed by atoms with Crippen molar-refractivity contribution < 1.29 is 19.4 Å². The summed E-state index contributed by atoms with van der Waals surface area (Å²) in [6.45, 7) is 4.46. The standard InChI is InChI=1S/C21H25N7O4/c1-14-16(12-32-19(14)30)27-9-5-21(20(27)31)3-7-26(8-4-21)11-17(29)15-2-6-22-18(10-15)28-13-23-24-25-28/h2,6,10,13,17,29H,3-5,7-9,11-12H2,1H3/t17-/m1/s1. The third kappa shape index (κ3) is 3.56. The molecule has 0 aliphatic carbocycles. The van der Waals surface area contributed by atoms with Crippen LogP contribution in [0.2, 0.25) is 0 Å². The maximum Gasteiger partial charge on any atom is 0.336 e. The number of rotatable bonds is 5. The fraction of sp³-hybridized carbons (Fsp3) is 0.524. The van der Waals surface area contributed by atoms with Gasteiger partial charge in [-0.1, -0.05) is 0 Å². The topological polar surface area (TPSA) is 127 Å². The number of β-amino-alcohol motifs (C(OH)–C–C–N with tert-alkyl or cyclic N) is 1. The Morgan fingerprint density at radius 1 is 1.22 bits per heavy atom. The minimum Gasteiger partial charge on any atom is -0.456 e. The normalized spacial score (nSPS) is 22.1. The van der Waals surface area contributed by atoms with Gasteiger partial charge in [-0.05, 0) is 67.4 Å². The average Bonchev–Trinajstić information content (AvgIpc) is 3.53. The highest BCUT2D eigenvalue weighted by Crippen LogP contribution is 2.43. The van der Waals surface area contributed by atoms with Gasteiger partial charge in [0.25, 0.3) is 0 Å². The van der Waals surface area contributed by atoms with Crippen LogP contribution in [0.1, 0.15) is 37.9 Å². The summed E-state index contributed by atoms with van der Waals surface area (Å²) in [5.74, 6) is 0.308. The quantitative estimate of drug-likeness (QED) is 0.652. The Kier molecular flexibility index (Phi) is 5.22. The van der Waals surface area contributed by atoms with Crippen molar-refractivity contribution >= 4 is 11.9 Å². The summed E-state index contributed by atoms with van der Waals surface area (Å²) in [4.78, 5) is 33.1. The first-order chi connectivity index (χ1) is 15.5. The average molecular weight is 439 g/mol. The summed E-state index contributed by atoms with van der Waals surface area (Å²) in [5.41, 5.74) is 1.60. The van der Waals surface area contributed by atoms with E-state index in [0.717, 1.165) is 37.9 Å². The number of carbonyl (C=O) groups is 2. The van der Waals surface area contributed by atoms with Crippen molar-refractivity contribution in [2.24, 2.45) is 5.41 Å². The number of likely N-dealkylation sites (tertiary alicyclic amines) is 2. The molecule has 0 aromatic carbocycles. The molecule has 2 saturated heterocycles. The zero-order valence-electron chi connectivity index (χ0n) is 17.8. The first-order valence-electron chi connectivity index (χ1n) is 10.8. The van der Waals surface area contributed by atoms with Crippen molar-refractivity contribution in [3.63, 3.8) is 0 Å². The molecule has 11 heteroatoms.